The van der Waals surface area contributed by atoms with Gasteiger partial charge in [-0.3, -0.25) is 0 Å². The van der Waals surface area contributed by atoms with Crippen LogP contribution in [-0.2, 0) is 0 Å². The maximum atomic E-state index is 3.84. The summed E-state index contributed by atoms with van der Waals surface area (Å²) in [5.41, 5.74) is 0. The van der Waals surface area contributed by atoms with Crippen LogP contribution in [-0.4, -0.2) is 21.1 Å². The third-order valence-corrected chi connectivity index (χ3v) is 7.80. The van der Waals surface area contributed by atoms with Gasteiger partial charge in [0.15, 0.2) is 0 Å². The van der Waals surface area contributed by atoms with Gasteiger partial charge in [-0.05, 0) is 0 Å². The fourth-order valence-electron chi connectivity index (χ4n) is 2.22. The molecule has 0 amide bonds. The predicted octanol–water partition coefficient (Wildman–Crippen LogP) is 7.87. The van der Waals surface area contributed by atoms with Gasteiger partial charge in [0, 0.05) is 0 Å². The summed E-state index contributed by atoms with van der Waals surface area (Å²) in [6.07, 6.45) is 19.7. The van der Waals surface area contributed by atoms with Gasteiger partial charge in [-0.2, -0.15) is 0 Å². The standard InChI is InChI=1S/C12H25.2C4H9.Sn/c1-3-5-7-9-11-12-10-8-6-4-2;2*1-3-4-2;/h1,3-12H2,2H3;2*1,3-4H2,2H3;. The van der Waals surface area contributed by atoms with Crippen LogP contribution in [0, 0.1) is 6.92 Å². The Morgan fingerprint density at radius 3 is 1.29 bits per heavy atom. The molecule has 0 aliphatic carbocycles. The van der Waals surface area contributed by atoms with E-state index in [4.69, 9.17) is 0 Å². The van der Waals surface area contributed by atoms with Crippen LogP contribution in [0.1, 0.15) is 111 Å². The number of hydrogen-bond acceptors (Lipinski definition) is 0. The Bertz CT molecular complexity index is 129. The van der Waals surface area contributed by atoms with Crippen molar-refractivity contribution in [3.8, 4) is 0 Å². The Morgan fingerprint density at radius 1 is 0.524 bits per heavy atom. The first-order chi connectivity index (χ1) is 10.3. The minimum Gasteiger partial charge on any atom is -0.0654 e. The maximum absolute atomic E-state index is 3.84. The minimum absolute atomic E-state index is 0.149. The first-order valence-electron chi connectivity index (χ1n) is 9.83. The van der Waals surface area contributed by atoms with Crippen molar-refractivity contribution in [2.24, 2.45) is 0 Å². The van der Waals surface area contributed by atoms with Crippen LogP contribution in [0.25, 0.3) is 0 Å². The summed E-state index contributed by atoms with van der Waals surface area (Å²) in [6.45, 7) is 10.7. The van der Waals surface area contributed by atoms with Crippen LogP contribution in [0.3, 0.4) is 0 Å². The van der Waals surface area contributed by atoms with Gasteiger partial charge in [0.25, 0.3) is 0 Å². The predicted molar refractivity (Wildman–Crippen MR) is 102 cm³/mol. The van der Waals surface area contributed by atoms with Gasteiger partial charge in [0.1, 0.15) is 0 Å². The van der Waals surface area contributed by atoms with Gasteiger partial charge >= 0.3 is 69.5 Å². The number of unbranched alkanes of at least 4 members (excludes halogenated alkanes) is 11. The third-order valence-electron chi connectivity index (χ3n) is 3.77. The first-order valence-corrected chi connectivity index (χ1v) is 13.9. The second-order valence-electron chi connectivity index (χ2n) is 6.14. The van der Waals surface area contributed by atoms with Gasteiger partial charge in [0.05, 0.1) is 0 Å². The maximum Gasteiger partial charge on any atom is -0.0533 e. The van der Waals surface area contributed by atoms with E-state index in [0.29, 0.717) is 0 Å². The SMILES string of the molecule is CCC[CH2][Sn][CH2]CCC.[CH2]CCCCCCCCCCC. The van der Waals surface area contributed by atoms with Crippen molar-refractivity contribution in [1.29, 1.82) is 0 Å². The van der Waals surface area contributed by atoms with E-state index in [2.05, 4.69) is 27.7 Å². The molecule has 0 fully saturated rings. The van der Waals surface area contributed by atoms with E-state index in [1.165, 1.54) is 83.5 Å². The number of rotatable bonds is 15. The van der Waals surface area contributed by atoms with Crippen LogP contribution in [0.5, 0.6) is 0 Å². The van der Waals surface area contributed by atoms with E-state index in [1.807, 2.05) is 0 Å². The quantitative estimate of drug-likeness (QED) is 0.193. The summed E-state index contributed by atoms with van der Waals surface area (Å²) in [6, 6.07) is 0. The fraction of sp³-hybridized carbons (Fsp3) is 0.950. The molecule has 0 heterocycles. The molecule has 0 rings (SSSR count). The average molecular weight is 402 g/mol. The van der Waals surface area contributed by atoms with E-state index >= 15 is 0 Å². The van der Waals surface area contributed by atoms with Gasteiger partial charge < -0.3 is 0 Å². The van der Waals surface area contributed by atoms with Gasteiger partial charge in [0.2, 0.25) is 0 Å². The Kier molecular flexibility index (Phi) is 29.5. The van der Waals surface area contributed by atoms with E-state index < -0.39 is 0 Å². The Hall–Kier alpha value is 0.799. The molecule has 0 aromatic carbocycles. The molecule has 0 spiro atoms. The molecule has 3 radical (unpaired) electrons. The van der Waals surface area contributed by atoms with Crippen LogP contribution >= 0.6 is 0 Å². The monoisotopic (exact) mass is 403 g/mol. The molecule has 0 unspecified atom stereocenters. The summed E-state index contributed by atoms with van der Waals surface area (Å²) in [5.74, 6) is 0. The van der Waals surface area contributed by atoms with Crippen molar-refractivity contribution in [1.82, 2.24) is 0 Å². The molecule has 1 heteroatoms. The Labute approximate surface area is 147 Å². The van der Waals surface area contributed by atoms with Crippen molar-refractivity contribution in [2.45, 2.75) is 120 Å². The summed E-state index contributed by atoms with van der Waals surface area (Å²) in [5, 5.41) is 0. The molecule has 0 N–H and O–H groups in total. The van der Waals surface area contributed by atoms with Crippen molar-refractivity contribution in [3.05, 3.63) is 6.92 Å². The van der Waals surface area contributed by atoms with Crippen LogP contribution in [0.4, 0.5) is 0 Å². The van der Waals surface area contributed by atoms with E-state index in [0.717, 1.165) is 6.42 Å². The molecule has 0 aliphatic rings. The molecular weight excluding hydrogens is 359 g/mol. The normalized spacial score (nSPS) is 10.3. The van der Waals surface area contributed by atoms with Gasteiger partial charge in [-0.15, -0.1) is 0 Å². The molecule has 0 aliphatic heterocycles. The summed E-state index contributed by atoms with van der Waals surface area (Å²) >= 11 is 0.149. The zero-order chi connectivity index (χ0) is 16.0. The fourth-order valence-corrected chi connectivity index (χ4v) is 6.37. The summed E-state index contributed by atoms with van der Waals surface area (Å²) < 4.78 is 3.25. The second kappa shape index (κ2) is 25.7. The minimum atomic E-state index is 0.149. The Balaban J connectivity index is 0. The van der Waals surface area contributed by atoms with E-state index in [1.54, 1.807) is 8.87 Å². The third kappa shape index (κ3) is 29.4. The topological polar surface area (TPSA) is 0 Å². The zero-order valence-electron chi connectivity index (χ0n) is 15.5. The van der Waals surface area contributed by atoms with Crippen molar-refractivity contribution >= 4 is 21.1 Å². The molecule has 0 nitrogen and oxygen atoms in total. The number of hydrogen-bond donors (Lipinski definition) is 0. The van der Waals surface area contributed by atoms with Crippen molar-refractivity contribution in [3.63, 3.8) is 0 Å². The molecule has 0 saturated heterocycles. The largest absolute Gasteiger partial charge is 0.0654 e. The molecule has 0 bridgehead atoms. The van der Waals surface area contributed by atoms with Crippen LogP contribution in [0.15, 0.2) is 0 Å². The average Bonchev–Trinajstić information content (AvgIpc) is 2.51. The van der Waals surface area contributed by atoms with Crippen LogP contribution in [0.2, 0.25) is 8.87 Å². The molecule has 127 valence electrons. The van der Waals surface area contributed by atoms with E-state index in [-0.39, 0.29) is 21.1 Å². The van der Waals surface area contributed by atoms with Gasteiger partial charge in [-0.25, -0.2) is 0 Å². The smallest absolute Gasteiger partial charge is 0.0533 e. The van der Waals surface area contributed by atoms with Crippen molar-refractivity contribution < 1.29 is 0 Å². The molecule has 0 atom stereocenters. The molecule has 21 heavy (non-hydrogen) atoms. The van der Waals surface area contributed by atoms with Crippen LogP contribution < -0.4 is 0 Å². The second-order valence-corrected chi connectivity index (χ2v) is 10.4. The van der Waals surface area contributed by atoms with E-state index in [9.17, 15) is 0 Å². The zero-order valence-corrected chi connectivity index (χ0v) is 18.4. The molecule has 0 aromatic heterocycles. The van der Waals surface area contributed by atoms with Gasteiger partial charge in [-0.1, -0.05) is 78.1 Å². The molecule has 0 aromatic rings. The summed E-state index contributed by atoms with van der Waals surface area (Å²) in [7, 11) is 0. The molecular formula is C20H43Sn. The summed E-state index contributed by atoms with van der Waals surface area (Å²) in [4.78, 5) is 0. The molecule has 0 saturated carbocycles. The first kappa shape index (κ1) is 24.1. The van der Waals surface area contributed by atoms with Crippen molar-refractivity contribution in [2.75, 3.05) is 0 Å². The Morgan fingerprint density at radius 2 is 0.905 bits per heavy atom.